The van der Waals surface area contributed by atoms with Gasteiger partial charge in [0.05, 0.1) is 25.4 Å². The zero-order chi connectivity index (χ0) is 60.6. The predicted molar refractivity (Wildman–Crippen MR) is 370 cm³/mol. The van der Waals surface area contributed by atoms with Crippen molar-refractivity contribution in [2.45, 2.75) is 463 Å². The van der Waals surface area contributed by atoms with E-state index in [2.05, 4.69) is 31.3 Å². The second kappa shape index (κ2) is 74.1. The molecular weight excluding hydrogens is 1030 g/mol. The number of hydrogen-bond donors (Lipinski definition) is 3. The molecular formula is C78H153NO5. The molecule has 3 N–H and O–H groups in total. The lowest BCUT2D eigenvalue weighted by Gasteiger charge is -2.22. The lowest BCUT2D eigenvalue weighted by Crippen LogP contribution is -2.45. The molecule has 0 heterocycles. The number of esters is 1. The molecule has 6 nitrogen and oxygen atoms in total. The summed E-state index contributed by atoms with van der Waals surface area (Å²) < 4.78 is 5.51. The Morgan fingerprint density at radius 2 is 0.560 bits per heavy atom. The molecule has 1 amide bonds. The highest BCUT2D eigenvalue weighted by Gasteiger charge is 2.20. The van der Waals surface area contributed by atoms with Crippen LogP contribution in [0.25, 0.3) is 0 Å². The summed E-state index contributed by atoms with van der Waals surface area (Å²) >= 11 is 0. The molecule has 0 aromatic carbocycles. The van der Waals surface area contributed by atoms with Crippen LogP contribution in [0.5, 0.6) is 0 Å². The highest BCUT2D eigenvalue weighted by Crippen LogP contribution is 2.20. The molecule has 0 aromatic rings. The molecule has 2 atom stereocenters. The van der Waals surface area contributed by atoms with Crippen LogP contribution in [0.3, 0.4) is 0 Å². The Kier molecular flexibility index (Phi) is 72.8. The minimum atomic E-state index is -0.666. The number of hydrogen-bond acceptors (Lipinski definition) is 5. The van der Waals surface area contributed by atoms with E-state index in [0.717, 1.165) is 38.5 Å². The number of aliphatic hydroxyl groups excluding tert-OH is 2. The second-order valence-electron chi connectivity index (χ2n) is 27.0. The van der Waals surface area contributed by atoms with Crippen LogP contribution >= 0.6 is 0 Å². The maximum atomic E-state index is 12.6. The fourth-order valence-corrected chi connectivity index (χ4v) is 12.6. The summed E-state index contributed by atoms with van der Waals surface area (Å²) in [4.78, 5) is 24.7. The Labute approximate surface area is 527 Å². The van der Waals surface area contributed by atoms with Crippen LogP contribution in [-0.4, -0.2) is 47.4 Å². The normalized spacial score (nSPS) is 12.5. The average Bonchev–Trinajstić information content (AvgIpc) is 3.51. The predicted octanol–water partition coefficient (Wildman–Crippen LogP) is 25.5. The Bertz CT molecular complexity index is 1270. The van der Waals surface area contributed by atoms with Gasteiger partial charge in [0.1, 0.15) is 0 Å². The van der Waals surface area contributed by atoms with Gasteiger partial charge in [-0.15, -0.1) is 0 Å². The van der Waals surface area contributed by atoms with E-state index in [4.69, 9.17) is 4.74 Å². The Hall–Kier alpha value is -1.40. The molecule has 0 aromatic heterocycles. The molecule has 0 aliphatic rings. The molecule has 6 heteroatoms. The molecule has 0 rings (SSSR count). The number of ether oxygens (including phenoxy) is 1. The highest BCUT2D eigenvalue weighted by molar-refractivity contribution is 5.76. The molecule has 0 radical (unpaired) electrons. The van der Waals surface area contributed by atoms with Crippen LogP contribution in [0, 0.1) is 0 Å². The van der Waals surface area contributed by atoms with Crippen LogP contribution < -0.4 is 5.32 Å². The van der Waals surface area contributed by atoms with Gasteiger partial charge in [0, 0.05) is 12.8 Å². The smallest absolute Gasteiger partial charge is 0.305 e. The Balaban J connectivity index is 3.37. The molecule has 84 heavy (non-hydrogen) atoms. The van der Waals surface area contributed by atoms with Crippen LogP contribution in [0.4, 0.5) is 0 Å². The fourth-order valence-electron chi connectivity index (χ4n) is 12.6. The first kappa shape index (κ1) is 82.6. The summed E-state index contributed by atoms with van der Waals surface area (Å²) in [6.45, 7) is 5.01. The van der Waals surface area contributed by atoms with Crippen molar-refractivity contribution in [1.29, 1.82) is 0 Å². The van der Waals surface area contributed by atoms with Crippen LogP contribution in [0.15, 0.2) is 12.2 Å². The van der Waals surface area contributed by atoms with Crippen LogP contribution in [0.2, 0.25) is 0 Å². The Morgan fingerprint density at radius 3 is 0.845 bits per heavy atom. The summed E-state index contributed by atoms with van der Waals surface area (Å²) in [6, 6.07) is -0.543. The summed E-state index contributed by atoms with van der Waals surface area (Å²) in [5.74, 6) is -0.00983. The van der Waals surface area contributed by atoms with Crippen molar-refractivity contribution in [1.82, 2.24) is 5.32 Å². The second-order valence-corrected chi connectivity index (χ2v) is 27.0. The SMILES string of the molecule is CCCCCCCCCCCCCCCCCCCCCCCCCCC(O)C(CO)NC(=O)CCCCCCCCCCCCC/C=C\CCCCCCCCCCCCCCOC(=O)CCCCCCCCCCCCCCCCCC. The van der Waals surface area contributed by atoms with E-state index in [9.17, 15) is 19.8 Å². The zero-order valence-electron chi connectivity index (χ0n) is 57.4. The van der Waals surface area contributed by atoms with E-state index in [1.54, 1.807) is 0 Å². The standard InChI is InChI=1S/C78H153NO5/c1-3-5-7-9-11-13-15-17-19-21-22-23-24-30-33-36-39-42-46-50-54-58-62-66-70-76(81)75(74-80)79-77(82)71-67-63-59-55-51-47-43-40-37-34-31-28-26-25-27-29-32-35-38-41-45-49-53-57-61-65-69-73-84-78(83)72-68-64-60-56-52-48-44-20-18-16-14-12-10-8-6-4-2/h25-26,75-76,80-81H,3-24,27-74H2,1-2H3,(H,79,82)/b26-25-. The fraction of sp³-hybridized carbons (Fsp3) is 0.949. The van der Waals surface area contributed by atoms with Crippen LogP contribution in [0.1, 0.15) is 450 Å². The number of allylic oxidation sites excluding steroid dienone is 2. The third-order valence-corrected chi connectivity index (χ3v) is 18.6. The topological polar surface area (TPSA) is 95.9 Å². The summed E-state index contributed by atoms with van der Waals surface area (Å²) in [5, 5.41) is 23.5. The van der Waals surface area contributed by atoms with Gasteiger partial charge < -0.3 is 20.3 Å². The minimum Gasteiger partial charge on any atom is -0.466 e. The third kappa shape index (κ3) is 69.7. The largest absolute Gasteiger partial charge is 0.466 e. The van der Waals surface area contributed by atoms with Crippen molar-refractivity contribution >= 4 is 11.9 Å². The van der Waals surface area contributed by atoms with Gasteiger partial charge in [0.25, 0.3) is 0 Å². The van der Waals surface area contributed by atoms with E-state index in [0.29, 0.717) is 25.9 Å². The van der Waals surface area contributed by atoms with Crippen molar-refractivity contribution < 1.29 is 24.5 Å². The number of nitrogens with one attached hydrogen (secondary N) is 1. The van der Waals surface area contributed by atoms with E-state index < -0.39 is 12.1 Å². The van der Waals surface area contributed by atoms with E-state index in [-0.39, 0.29) is 18.5 Å². The molecule has 500 valence electrons. The third-order valence-electron chi connectivity index (χ3n) is 18.6. The molecule has 0 spiro atoms. The molecule has 0 fully saturated rings. The summed E-state index contributed by atoms with van der Waals surface area (Å²) in [6.07, 6.45) is 92.9. The number of carbonyl (C=O) groups is 2. The van der Waals surface area contributed by atoms with Gasteiger partial charge in [-0.25, -0.2) is 0 Å². The van der Waals surface area contributed by atoms with Gasteiger partial charge in [-0.3, -0.25) is 9.59 Å². The first-order chi connectivity index (χ1) is 41.5. The number of carbonyl (C=O) groups excluding carboxylic acids is 2. The first-order valence-corrected chi connectivity index (χ1v) is 38.9. The molecule has 0 aliphatic carbocycles. The van der Waals surface area contributed by atoms with E-state index >= 15 is 0 Å². The maximum Gasteiger partial charge on any atom is 0.305 e. The van der Waals surface area contributed by atoms with Gasteiger partial charge in [0.2, 0.25) is 5.91 Å². The molecule has 0 bridgehead atoms. The Morgan fingerprint density at radius 1 is 0.321 bits per heavy atom. The van der Waals surface area contributed by atoms with Crippen molar-refractivity contribution in [2.75, 3.05) is 13.2 Å². The number of aliphatic hydroxyl groups is 2. The number of amides is 1. The average molecular weight is 1190 g/mol. The van der Waals surface area contributed by atoms with Gasteiger partial charge in [-0.2, -0.15) is 0 Å². The zero-order valence-corrected chi connectivity index (χ0v) is 57.4. The van der Waals surface area contributed by atoms with Crippen molar-refractivity contribution in [3.05, 3.63) is 12.2 Å². The van der Waals surface area contributed by atoms with Gasteiger partial charge in [0.15, 0.2) is 0 Å². The molecule has 0 saturated heterocycles. The molecule has 0 aliphatic heterocycles. The lowest BCUT2D eigenvalue weighted by atomic mass is 10.0. The quantitative estimate of drug-likeness (QED) is 0.0320. The van der Waals surface area contributed by atoms with Crippen LogP contribution in [-0.2, 0) is 14.3 Å². The number of rotatable bonds is 74. The highest BCUT2D eigenvalue weighted by atomic mass is 16.5. The summed E-state index contributed by atoms with van der Waals surface area (Å²) in [5.41, 5.74) is 0. The molecule has 0 saturated carbocycles. The molecule has 2 unspecified atom stereocenters. The summed E-state index contributed by atoms with van der Waals surface area (Å²) in [7, 11) is 0. The van der Waals surface area contributed by atoms with Crippen molar-refractivity contribution in [2.24, 2.45) is 0 Å². The van der Waals surface area contributed by atoms with Gasteiger partial charge >= 0.3 is 5.97 Å². The van der Waals surface area contributed by atoms with Crippen molar-refractivity contribution in [3.63, 3.8) is 0 Å². The van der Waals surface area contributed by atoms with E-state index in [1.165, 1.54) is 379 Å². The van der Waals surface area contributed by atoms with Crippen molar-refractivity contribution in [3.8, 4) is 0 Å². The first-order valence-electron chi connectivity index (χ1n) is 38.9. The monoisotopic (exact) mass is 1180 g/mol. The van der Waals surface area contributed by atoms with E-state index in [1.807, 2.05) is 0 Å². The number of unbranched alkanes of at least 4 members (excludes halogenated alkanes) is 61. The maximum absolute atomic E-state index is 12.6. The van der Waals surface area contributed by atoms with Gasteiger partial charge in [-0.05, 0) is 51.4 Å². The van der Waals surface area contributed by atoms with Gasteiger partial charge in [-0.1, -0.05) is 398 Å². The minimum absolute atomic E-state index is 0.0200. The lowest BCUT2D eigenvalue weighted by molar-refractivity contribution is -0.143.